The molecule has 1 saturated heterocycles. The van der Waals surface area contributed by atoms with E-state index in [0.29, 0.717) is 12.1 Å². The summed E-state index contributed by atoms with van der Waals surface area (Å²) in [5.74, 6) is 0.417. The number of nitrogens with one attached hydrogen (secondary N) is 1. The van der Waals surface area contributed by atoms with Crippen LogP contribution in [0.25, 0.3) is 17.1 Å². The molecule has 3 aromatic rings. The summed E-state index contributed by atoms with van der Waals surface area (Å²) >= 11 is 0. The van der Waals surface area contributed by atoms with Crippen molar-refractivity contribution in [3.05, 3.63) is 71.6 Å². The first kappa shape index (κ1) is 18.0. The number of para-hydroxylation sites is 2. The molecule has 2 heterocycles. The number of carbonyl (C=O) groups is 2. The fourth-order valence-electron chi connectivity index (χ4n) is 3.56. The predicted octanol–water partition coefficient (Wildman–Crippen LogP) is 3.73. The summed E-state index contributed by atoms with van der Waals surface area (Å²) in [4.78, 5) is 34.1. The molecule has 6 nitrogen and oxygen atoms in total. The van der Waals surface area contributed by atoms with Gasteiger partial charge < -0.3 is 14.6 Å². The molecule has 2 aromatic carbocycles. The van der Waals surface area contributed by atoms with Crippen molar-refractivity contribution < 1.29 is 14.3 Å². The first-order valence-corrected chi connectivity index (χ1v) is 9.27. The number of likely N-dealkylation sites (tertiary alicyclic amines) is 1. The average Bonchev–Trinajstić information content (AvgIpc) is 3.38. The lowest BCUT2D eigenvalue weighted by Crippen LogP contribution is -2.29. The lowest BCUT2D eigenvalue weighted by atomic mass is 10.1. The van der Waals surface area contributed by atoms with Gasteiger partial charge in [-0.05, 0) is 48.7 Å². The Morgan fingerprint density at radius 1 is 1.18 bits per heavy atom. The van der Waals surface area contributed by atoms with Crippen molar-refractivity contribution in [3.8, 4) is 0 Å². The van der Waals surface area contributed by atoms with Crippen LogP contribution in [0.1, 0.15) is 40.6 Å². The van der Waals surface area contributed by atoms with E-state index in [1.165, 1.54) is 7.11 Å². The van der Waals surface area contributed by atoms with Crippen molar-refractivity contribution >= 4 is 29.0 Å². The van der Waals surface area contributed by atoms with E-state index in [1.807, 2.05) is 29.2 Å². The van der Waals surface area contributed by atoms with Crippen molar-refractivity contribution in [2.75, 3.05) is 13.7 Å². The van der Waals surface area contributed by atoms with Crippen LogP contribution in [0.15, 0.2) is 54.6 Å². The maximum atomic E-state index is 12.8. The summed E-state index contributed by atoms with van der Waals surface area (Å²) in [6, 6.07) is 14.8. The van der Waals surface area contributed by atoms with Crippen LogP contribution in [0, 0.1) is 0 Å². The number of H-pyrrole nitrogens is 1. The van der Waals surface area contributed by atoms with Crippen LogP contribution in [-0.2, 0) is 9.53 Å². The van der Waals surface area contributed by atoms with Gasteiger partial charge in [0.05, 0.1) is 29.7 Å². The molecule has 4 rings (SSSR count). The quantitative estimate of drug-likeness (QED) is 0.557. The van der Waals surface area contributed by atoms with E-state index < -0.39 is 0 Å². The molecule has 1 aliphatic heterocycles. The highest BCUT2D eigenvalue weighted by atomic mass is 16.5. The number of rotatable bonds is 4. The number of ether oxygens (including phenoxy) is 1. The topological polar surface area (TPSA) is 75.3 Å². The predicted molar refractivity (Wildman–Crippen MR) is 107 cm³/mol. The molecule has 0 saturated carbocycles. The third kappa shape index (κ3) is 3.53. The summed E-state index contributed by atoms with van der Waals surface area (Å²) in [5, 5.41) is 0. The number of nitrogens with zero attached hydrogens (tertiary/aromatic N) is 2. The molecular formula is C22H21N3O3. The minimum absolute atomic E-state index is 0.0359. The van der Waals surface area contributed by atoms with E-state index in [2.05, 4.69) is 9.97 Å². The second-order valence-electron chi connectivity index (χ2n) is 6.78. The number of hydrogen-bond donors (Lipinski definition) is 1. The summed E-state index contributed by atoms with van der Waals surface area (Å²) in [6.07, 6.45) is 5.19. The van der Waals surface area contributed by atoms with Gasteiger partial charge in [-0.2, -0.15) is 0 Å². The first-order valence-electron chi connectivity index (χ1n) is 9.27. The number of aromatic amines is 1. The van der Waals surface area contributed by atoms with E-state index in [-0.39, 0.29) is 17.9 Å². The standard InChI is InChI=1S/C22H21N3O3/c1-28-22(27)16-11-8-15(9-12-16)10-13-20(26)25-14-4-7-19(25)21-23-17-5-2-3-6-18(17)24-21/h2-3,5-6,8-13,19H,4,7,14H2,1H3,(H,23,24)/b13-10+. The molecule has 1 aromatic heterocycles. The second kappa shape index (κ2) is 7.68. The SMILES string of the molecule is COC(=O)c1ccc(/C=C/C(=O)N2CCCC2c2nc3ccccc3[nH]2)cc1. The normalized spacial score (nSPS) is 16.8. The monoisotopic (exact) mass is 375 g/mol. The molecule has 1 aliphatic rings. The van der Waals surface area contributed by atoms with Gasteiger partial charge in [0.1, 0.15) is 5.82 Å². The first-order chi connectivity index (χ1) is 13.7. The van der Waals surface area contributed by atoms with Crippen LogP contribution in [-0.4, -0.2) is 40.4 Å². The molecule has 1 N–H and O–H groups in total. The van der Waals surface area contributed by atoms with Gasteiger partial charge in [0.25, 0.3) is 0 Å². The van der Waals surface area contributed by atoms with Crippen LogP contribution in [0.3, 0.4) is 0 Å². The Labute approximate surface area is 162 Å². The van der Waals surface area contributed by atoms with Crippen molar-refractivity contribution in [2.24, 2.45) is 0 Å². The molecular weight excluding hydrogens is 354 g/mol. The Morgan fingerprint density at radius 3 is 2.71 bits per heavy atom. The van der Waals surface area contributed by atoms with Crippen LogP contribution in [0.2, 0.25) is 0 Å². The molecule has 6 heteroatoms. The van der Waals surface area contributed by atoms with E-state index in [0.717, 1.165) is 35.3 Å². The van der Waals surface area contributed by atoms with Crippen molar-refractivity contribution in [1.82, 2.24) is 14.9 Å². The highest BCUT2D eigenvalue weighted by Crippen LogP contribution is 2.31. The number of methoxy groups -OCH3 is 1. The zero-order valence-electron chi connectivity index (χ0n) is 15.6. The van der Waals surface area contributed by atoms with E-state index >= 15 is 0 Å². The minimum atomic E-state index is -0.377. The molecule has 0 spiro atoms. The van der Waals surface area contributed by atoms with E-state index in [4.69, 9.17) is 4.74 Å². The Bertz CT molecular complexity index is 1000. The third-order valence-electron chi connectivity index (χ3n) is 5.01. The lowest BCUT2D eigenvalue weighted by Gasteiger charge is -2.21. The molecule has 142 valence electrons. The fourth-order valence-corrected chi connectivity index (χ4v) is 3.56. The van der Waals surface area contributed by atoms with Gasteiger partial charge in [-0.3, -0.25) is 4.79 Å². The fraction of sp³-hybridized carbons (Fsp3) is 0.227. The number of benzene rings is 2. The van der Waals surface area contributed by atoms with Gasteiger partial charge >= 0.3 is 5.97 Å². The van der Waals surface area contributed by atoms with Gasteiger partial charge in [0.15, 0.2) is 0 Å². The highest BCUT2D eigenvalue weighted by Gasteiger charge is 2.31. The van der Waals surface area contributed by atoms with Gasteiger partial charge in [0.2, 0.25) is 5.91 Å². The second-order valence-corrected chi connectivity index (χ2v) is 6.78. The Hall–Kier alpha value is -3.41. The number of carbonyl (C=O) groups excluding carboxylic acids is 2. The van der Waals surface area contributed by atoms with E-state index in [1.54, 1.807) is 36.4 Å². The van der Waals surface area contributed by atoms with Gasteiger partial charge in [-0.25, -0.2) is 9.78 Å². The zero-order chi connectivity index (χ0) is 19.5. The van der Waals surface area contributed by atoms with Crippen LogP contribution in [0.5, 0.6) is 0 Å². The van der Waals surface area contributed by atoms with Crippen molar-refractivity contribution in [1.29, 1.82) is 0 Å². The van der Waals surface area contributed by atoms with Crippen LogP contribution >= 0.6 is 0 Å². The Morgan fingerprint density at radius 2 is 1.96 bits per heavy atom. The molecule has 1 atom stereocenters. The molecule has 1 fully saturated rings. The number of hydrogen-bond acceptors (Lipinski definition) is 4. The number of esters is 1. The largest absolute Gasteiger partial charge is 0.465 e. The van der Waals surface area contributed by atoms with Crippen LogP contribution < -0.4 is 0 Å². The molecule has 0 aliphatic carbocycles. The summed E-state index contributed by atoms with van der Waals surface area (Å²) in [5.41, 5.74) is 3.23. The highest BCUT2D eigenvalue weighted by molar-refractivity contribution is 5.93. The van der Waals surface area contributed by atoms with Crippen molar-refractivity contribution in [2.45, 2.75) is 18.9 Å². The Balaban J connectivity index is 1.49. The molecule has 1 amide bonds. The number of imidazole rings is 1. The van der Waals surface area contributed by atoms with Crippen molar-refractivity contribution in [3.63, 3.8) is 0 Å². The lowest BCUT2D eigenvalue weighted by molar-refractivity contribution is -0.127. The third-order valence-corrected chi connectivity index (χ3v) is 5.01. The molecule has 1 unspecified atom stereocenters. The van der Waals surface area contributed by atoms with E-state index in [9.17, 15) is 9.59 Å². The smallest absolute Gasteiger partial charge is 0.337 e. The zero-order valence-corrected chi connectivity index (χ0v) is 15.6. The van der Waals surface area contributed by atoms with Gasteiger partial charge in [0, 0.05) is 12.6 Å². The maximum absolute atomic E-state index is 12.8. The number of amides is 1. The van der Waals surface area contributed by atoms with Gasteiger partial charge in [-0.15, -0.1) is 0 Å². The maximum Gasteiger partial charge on any atom is 0.337 e. The summed E-state index contributed by atoms with van der Waals surface area (Å²) in [7, 11) is 1.35. The van der Waals surface area contributed by atoms with Crippen LogP contribution in [0.4, 0.5) is 0 Å². The minimum Gasteiger partial charge on any atom is -0.465 e. The molecule has 0 bridgehead atoms. The summed E-state index contributed by atoms with van der Waals surface area (Å²) < 4.78 is 4.69. The summed E-state index contributed by atoms with van der Waals surface area (Å²) in [6.45, 7) is 0.714. The Kier molecular flexibility index (Phi) is 4.93. The molecule has 0 radical (unpaired) electrons. The molecule has 28 heavy (non-hydrogen) atoms. The number of aromatic nitrogens is 2. The number of fused-ring (bicyclic) bond motifs is 1. The average molecular weight is 375 g/mol. The van der Waals surface area contributed by atoms with Gasteiger partial charge in [-0.1, -0.05) is 24.3 Å².